The topological polar surface area (TPSA) is 65.2 Å². The zero-order chi connectivity index (χ0) is 18.1. The molecule has 1 aliphatic rings. The number of benzene rings is 1. The number of hydrogen-bond donors (Lipinski definition) is 0. The smallest absolute Gasteiger partial charge is 0.348 e. The minimum Gasteiger partial charge on any atom is -0.451 e. The zero-order valence-corrected chi connectivity index (χ0v) is 15.8. The van der Waals surface area contributed by atoms with Crippen molar-refractivity contribution in [2.75, 3.05) is 0 Å². The highest BCUT2D eigenvalue weighted by Gasteiger charge is 2.21. The molecule has 0 amide bonds. The predicted molar refractivity (Wildman–Crippen MR) is 99.4 cm³/mol. The van der Waals surface area contributed by atoms with E-state index in [4.69, 9.17) is 20.8 Å². The third-order valence-corrected chi connectivity index (χ3v) is 5.88. The van der Waals surface area contributed by atoms with E-state index in [1.165, 1.54) is 28.2 Å². The van der Waals surface area contributed by atoms with Gasteiger partial charge in [0.05, 0.1) is 0 Å². The molecule has 0 saturated heterocycles. The van der Waals surface area contributed by atoms with Gasteiger partial charge in [0.2, 0.25) is 5.89 Å². The van der Waals surface area contributed by atoms with E-state index in [0.717, 1.165) is 18.4 Å². The fraction of sp³-hybridized carbons (Fsp3) is 0.316. The molecule has 1 aliphatic carbocycles. The quantitative estimate of drug-likeness (QED) is 0.592. The first-order chi connectivity index (χ1) is 12.6. The molecule has 1 atom stereocenters. The van der Waals surface area contributed by atoms with Gasteiger partial charge in [0.1, 0.15) is 4.88 Å². The molecule has 7 heteroatoms. The van der Waals surface area contributed by atoms with Crippen LogP contribution < -0.4 is 0 Å². The summed E-state index contributed by atoms with van der Waals surface area (Å²) in [5, 5.41) is 8.55. The van der Waals surface area contributed by atoms with Crippen molar-refractivity contribution in [3.63, 3.8) is 0 Å². The Morgan fingerprint density at radius 3 is 2.96 bits per heavy atom. The maximum atomic E-state index is 12.3. The molecule has 1 aromatic carbocycles. The summed E-state index contributed by atoms with van der Waals surface area (Å²) < 4.78 is 10.9. The average molecular weight is 389 g/mol. The van der Waals surface area contributed by atoms with Gasteiger partial charge >= 0.3 is 5.97 Å². The molecule has 0 saturated carbocycles. The molecular formula is C19H17ClN2O3S. The normalized spacial score (nSPS) is 16.3. The van der Waals surface area contributed by atoms with Crippen LogP contribution in [0.3, 0.4) is 0 Å². The molecule has 0 unspecified atom stereocenters. The van der Waals surface area contributed by atoms with Crippen molar-refractivity contribution in [1.29, 1.82) is 0 Å². The minimum atomic E-state index is -0.344. The first-order valence-electron chi connectivity index (χ1n) is 8.45. The largest absolute Gasteiger partial charge is 0.451 e. The Kier molecular flexibility index (Phi) is 4.78. The van der Waals surface area contributed by atoms with Gasteiger partial charge in [-0.1, -0.05) is 18.5 Å². The van der Waals surface area contributed by atoms with Crippen LogP contribution in [0.15, 0.2) is 34.7 Å². The number of esters is 1. The van der Waals surface area contributed by atoms with Crippen molar-refractivity contribution >= 4 is 28.9 Å². The average Bonchev–Trinajstić information content (AvgIpc) is 3.27. The second-order valence-electron chi connectivity index (χ2n) is 6.49. The van der Waals surface area contributed by atoms with Gasteiger partial charge in [-0.25, -0.2) is 4.79 Å². The van der Waals surface area contributed by atoms with Gasteiger partial charge in [-0.2, -0.15) is 0 Å². The van der Waals surface area contributed by atoms with Crippen LogP contribution in [-0.2, 0) is 24.2 Å². The second kappa shape index (κ2) is 7.21. The van der Waals surface area contributed by atoms with Crippen molar-refractivity contribution in [3.05, 3.63) is 56.6 Å². The lowest BCUT2D eigenvalue weighted by Crippen LogP contribution is -2.08. The maximum absolute atomic E-state index is 12.3. The molecule has 4 rings (SSSR count). The zero-order valence-electron chi connectivity index (χ0n) is 14.2. The van der Waals surface area contributed by atoms with E-state index in [-0.39, 0.29) is 18.5 Å². The lowest BCUT2D eigenvalue weighted by atomic mass is 9.90. The minimum absolute atomic E-state index is 0.0433. The molecule has 3 aromatic rings. The molecule has 0 radical (unpaired) electrons. The summed E-state index contributed by atoms with van der Waals surface area (Å²) in [5.74, 6) is 0.959. The van der Waals surface area contributed by atoms with Crippen LogP contribution in [0, 0.1) is 5.92 Å². The van der Waals surface area contributed by atoms with E-state index in [1.807, 2.05) is 6.07 Å². The number of nitrogens with zero attached hydrogens (tertiary/aromatic N) is 2. The first kappa shape index (κ1) is 17.2. The van der Waals surface area contributed by atoms with Gasteiger partial charge in [-0.05, 0) is 61.1 Å². The van der Waals surface area contributed by atoms with Gasteiger partial charge in [0.15, 0.2) is 6.61 Å². The molecular weight excluding hydrogens is 372 g/mol. The van der Waals surface area contributed by atoms with Crippen LogP contribution in [-0.4, -0.2) is 16.2 Å². The molecule has 26 heavy (non-hydrogen) atoms. The third kappa shape index (κ3) is 3.66. The maximum Gasteiger partial charge on any atom is 0.348 e. The van der Waals surface area contributed by atoms with Crippen LogP contribution in [0.5, 0.6) is 0 Å². The summed E-state index contributed by atoms with van der Waals surface area (Å²) >= 11 is 7.40. The van der Waals surface area contributed by atoms with E-state index in [2.05, 4.69) is 17.1 Å². The van der Waals surface area contributed by atoms with Crippen LogP contribution in [0.4, 0.5) is 0 Å². The number of ether oxygens (including phenoxy) is 1. The third-order valence-electron chi connectivity index (χ3n) is 4.42. The number of halogens is 1. The van der Waals surface area contributed by atoms with E-state index in [0.29, 0.717) is 21.7 Å². The van der Waals surface area contributed by atoms with Crippen molar-refractivity contribution in [3.8, 4) is 11.5 Å². The number of aryl methyl sites for hydroxylation is 1. The van der Waals surface area contributed by atoms with E-state index < -0.39 is 0 Å². The number of fused-ring (bicyclic) bond motifs is 1. The Morgan fingerprint density at radius 1 is 1.35 bits per heavy atom. The fourth-order valence-electron chi connectivity index (χ4n) is 3.03. The van der Waals surface area contributed by atoms with Gasteiger partial charge in [0, 0.05) is 15.5 Å². The molecule has 2 heterocycles. The lowest BCUT2D eigenvalue weighted by Gasteiger charge is -2.16. The Balaban J connectivity index is 1.40. The molecule has 0 fully saturated rings. The van der Waals surface area contributed by atoms with Crippen molar-refractivity contribution < 1.29 is 13.9 Å². The molecule has 0 aliphatic heterocycles. The highest BCUT2D eigenvalue weighted by molar-refractivity contribution is 7.14. The van der Waals surface area contributed by atoms with Crippen LogP contribution >= 0.6 is 22.9 Å². The van der Waals surface area contributed by atoms with Crippen LogP contribution in [0.1, 0.15) is 39.3 Å². The molecule has 134 valence electrons. The standard InChI is InChI=1S/C19H17ClN2O3S/c1-11-2-7-15-13(8-11)9-16(26-15)19(23)24-10-17-21-22-18(25-17)12-3-5-14(20)6-4-12/h3-6,9,11H,2,7-8,10H2,1H3/t11-/m1/s1. The first-order valence-corrected chi connectivity index (χ1v) is 9.65. The molecule has 0 N–H and O–H groups in total. The Labute approximate surface area is 160 Å². The van der Waals surface area contributed by atoms with E-state index >= 15 is 0 Å². The van der Waals surface area contributed by atoms with Crippen molar-refractivity contribution in [2.24, 2.45) is 5.92 Å². The van der Waals surface area contributed by atoms with E-state index in [9.17, 15) is 4.79 Å². The summed E-state index contributed by atoms with van der Waals surface area (Å²) in [6, 6.07) is 9.05. The Morgan fingerprint density at radius 2 is 2.15 bits per heavy atom. The molecule has 2 aromatic heterocycles. The number of hydrogen-bond acceptors (Lipinski definition) is 6. The summed E-state index contributed by atoms with van der Waals surface area (Å²) in [6.07, 6.45) is 3.26. The van der Waals surface area contributed by atoms with Gasteiger partial charge in [0.25, 0.3) is 5.89 Å². The SMILES string of the molecule is C[C@@H]1CCc2sc(C(=O)OCc3nnc(-c4ccc(Cl)cc4)o3)cc2C1. The monoisotopic (exact) mass is 388 g/mol. The van der Waals surface area contributed by atoms with Gasteiger partial charge < -0.3 is 9.15 Å². The number of rotatable bonds is 4. The summed E-state index contributed by atoms with van der Waals surface area (Å²) in [4.78, 5) is 14.3. The number of thiophene rings is 1. The molecule has 0 bridgehead atoms. The number of carbonyl (C=O) groups excluding carboxylic acids is 1. The fourth-order valence-corrected chi connectivity index (χ4v) is 4.25. The molecule has 0 spiro atoms. The number of carbonyl (C=O) groups is 1. The van der Waals surface area contributed by atoms with Gasteiger partial charge in [-0.3, -0.25) is 0 Å². The van der Waals surface area contributed by atoms with Gasteiger partial charge in [-0.15, -0.1) is 21.5 Å². The van der Waals surface area contributed by atoms with Crippen molar-refractivity contribution in [1.82, 2.24) is 10.2 Å². The summed E-state index contributed by atoms with van der Waals surface area (Å²) in [7, 11) is 0. The Bertz CT molecular complexity index is 933. The second-order valence-corrected chi connectivity index (χ2v) is 8.06. The van der Waals surface area contributed by atoms with Crippen molar-refractivity contribution in [2.45, 2.75) is 32.8 Å². The highest BCUT2D eigenvalue weighted by Crippen LogP contribution is 2.32. The van der Waals surface area contributed by atoms with Crippen LogP contribution in [0.2, 0.25) is 5.02 Å². The number of aromatic nitrogens is 2. The lowest BCUT2D eigenvalue weighted by molar-refractivity contribution is 0.0444. The Hall–Kier alpha value is -2.18. The van der Waals surface area contributed by atoms with E-state index in [1.54, 1.807) is 24.3 Å². The summed E-state index contributed by atoms with van der Waals surface area (Å²) in [6.45, 7) is 2.20. The van der Waals surface area contributed by atoms with Crippen LogP contribution in [0.25, 0.3) is 11.5 Å². The molecule has 5 nitrogen and oxygen atoms in total. The summed E-state index contributed by atoms with van der Waals surface area (Å²) in [5.41, 5.74) is 2.04. The highest BCUT2D eigenvalue weighted by atomic mass is 35.5. The predicted octanol–water partition coefficient (Wildman–Crippen LogP) is 4.93.